The Morgan fingerprint density at radius 3 is 2.21 bits per heavy atom. The summed E-state index contributed by atoms with van der Waals surface area (Å²) >= 11 is 0. The molecule has 1 heterocycles. The highest BCUT2D eigenvalue weighted by Gasteiger charge is 2.28. The van der Waals surface area contributed by atoms with Crippen LogP contribution in [-0.2, 0) is 0 Å². The van der Waals surface area contributed by atoms with Crippen molar-refractivity contribution in [3.63, 3.8) is 0 Å². The van der Waals surface area contributed by atoms with Gasteiger partial charge in [-0.1, -0.05) is 20.8 Å². The number of rotatable bonds is 3. The minimum Gasteiger partial charge on any atom is -0.325 e. The predicted octanol–water partition coefficient (Wildman–Crippen LogP) is 2.24. The van der Waals surface area contributed by atoms with Crippen molar-refractivity contribution in [3.05, 3.63) is 0 Å². The summed E-state index contributed by atoms with van der Waals surface area (Å²) in [5.41, 5.74) is 6.66. The molecule has 0 bridgehead atoms. The Morgan fingerprint density at radius 2 is 1.79 bits per heavy atom. The lowest BCUT2D eigenvalue weighted by Gasteiger charge is -2.40. The monoisotopic (exact) mass is 198 g/mol. The number of piperidine rings is 1. The molecule has 0 saturated carbocycles. The van der Waals surface area contributed by atoms with Crippen molar-refractivity contribution in [3.8, 4) is 0 Å². The van der Waals surface area contributed by atoms with Crippen molar-refractivity contribution in [2.24, 2.45) is 11.1 Å². The summed E-state index contributed by atoms with van der Waals surface area (Å²) in [5, 5.41) is 0. The maximum Gasteiger partial charge on any atom is 0.0150 e. The van der Waals surface area contributed by atoms with Gasteiger partial charge in [-0.2, -0.15) is 0 Å². The van der Waals surface area contributed by atoms with E-state index in [2.05, 4.69) is 32.6 Å². The van der Waals surface area contributed by atoms with E-state index in [1.165, 1.54) is 26.1 Å². The topological polar surface area (TPSA) is 29.3 Å². The molecule has 14 heavy (non-hydrogen) atoms. The molecule has 1 fully saturated rings. The van der Waals surface area contributed by atoms with Crippen LogP contribution >= 0.6 is 0 Å². The fraction of sp³-hybridized carbons (Fsp3) is 1.00. The standard InChI is InChI=1S/C12H26N2/c1-5-11(2,3)10-14-8-6-12(4,13)7-9-14/h5-10,13H2,1-4H3. The Morgan fingerprint density at radius 1 is 1.29 bits per heavy atom. The van der Waals surface area contributed by atoms with Crippen LogP contribution < -0.4 is 5.73 Å². The van der Waals surface area contributed by atoms with Crippen LogP contribution in [0.25, 0.3) is 0 Å². The lowest BCUT2D eigenvalue weighted by Crippen LogP contribution is -2.50. The van der Waals surface area contributed by atoms with Gasteiger partial charge in [0.15, 0.2) is 0 Å². The van der Waals surface area contributed by atoms with Gasteiger partial charge in [0.1, 0.15) is 0 Å². The molecule has 0 spiro atoms. The summed E-state index contributed by atoms with van der Waals surface area (Å²) in [5.74, 6) is 0. The Kier molecular flexibility index (Phi) is 3.59. The van der Waals surface area contributed by atoms with Crippen molar-refractivity contribution in [1.82, 2.24) is 4.90 Å². The summed E-state index contributed by atoms with van der Waals surface area (Å²) in [6, 6.07) is 0. The van der Waals surface area contributed by atoms with Gasteiger partial charge in [-0.3, -0.25) is 0 Å². The lowest BCUT2D eigenvalue weighted by atomic mass is 9.86. The average Bonchev–Trinajstić information content (AvgIpc) is 2.09. The van der Waals surface area contributed by atoms with Gasteiger partial charge in [0.05, 0.1) is 0 Å². The molecule has 0 atom stereocenters. The van der Waals surface area contributed by atoms with Crippen molar-refractivity contribution >= 4 is 0 Å². The third-order valence-corrected chi connectivity index (χ3v) is 3.61. The Hall–Kier alpha value is -0.0800. The van der Waals surface area contributed by atoms with E-state index in [0.717, 1.165) is 12.8 Å². The van der Waals surface area contributed by atoms with E-state index in [4.69, 9.17) is 5.73 Å². The van der Waals surface area contributed by atoms with Crippen molar-refractivity contribution < 1.29 is 0 Å². The number of hydrogen-bond donors (Lipinski definition) is 1. The number of hydrogen-bond acceptors (Lipinski definition) is 2. The van der Waals surface area contributed by atoms with Gasteiger partial charge in [0.25, 0.3) is 0 Å². The van der Waals surface area contributed by atoms with Crippen LogP contribution in [0.3, 0.4) is 0 Å². The number of nitrogens with zero attached hydrogens (tertiary/aromatic N) is 1. The van der Waals surface area contributed by atoms with Gasteiger partial charge in [-0.25, -0.2) is 0 Å². The van der Waals surface area contributed by atoms with E-state index in [-0.39, 0.29) is 5.54 Å². The molecular formula is C12H26N2. The van der Waals surface area contributed by atoms with Crippen molar-refractivity contribution in [2.45, 2.75) is 52.5 Å². The highest BCUT2D eigenvalue weighted by atomic mass is 15.1. The normalized spacial score (nSPS) is 23.8. The fourth-order valence-corrected chi connectivity index (χ4v) is 1.94. The van der Waals surface area contributed by atoms with Gasteiger partial charge >= 0.3 is 0 Å². The molecule has 2 N–H and O–H groups in total. The third-order valence-electron chi connectivity index (χ3n) is 3.61. The smallest absolute Gasteiger partial charge is 0.0150 e. The molecular weight excluding hydrogens is 172 g/mol. The van der Waals surface area contributed by atoms with Crippen LogP contribution in [0, 0.1) is 5.41 Å². The van der Waals surface area contributed by atoms with Crippen LogP contribution in [0.15, 0.2) is 0 Å². The predicted molar refractivity (Wildman–Crippen MR) is 62.3 cm³/mol. The molecule has 1 saturated heterocycles. The zero-order valence-corrected chi connectivity index (χ0v) is 10.3. The fourth-order valence-electron chi connectivity index (χ4n) is 1.94. The molecule has 0 aromatic rings. The van der Waals surface area contributed by atoms with Crippen LogP contribution in [0.1, 0.15) is 47.0 Å². The highest BCUT2D eigenvalue weighted by Crippen LogP contribution is 2.25. The van der Waals surface area contributed by atoms with Gasteiger partial charge in [-0.15, -0.1) is 0 Å². The maximum absolute atomic E-state index is 6.11. The largest absolute Gasteiger partial charge is 0.325 e. The van der Waals surface area contributed by atoms with E-state index >= 15 is 0 Å². The van der Waals surface area contributed by atoms with E-state index in [9.17, 15) is 0 Å². The Balaban J connectivity index is 2.36. The van der Waals surface area contributed by atoms with Gasteiger partial charge in [-0.05, 0) is 44.7 Å². The molecule has 0 radical (unpaired) electrons. The molecule has 0 amide bonds. The first kappa shape index (κ1) is 12.0. The molecule has 2 nitrogen and oxygen atoms in total. The Bertz CT molecular complexity index is 175. The second-order valence-electron chi connectivity index (χ2n) is 5.95. The minimum absolute atomic E-state index is 0.0901. The van der Waals surface area contributed by atoms with E-state index in [1.54, 1.807) is 0 Å². The van der Waals surface area contributed by atoms with Gasteiger partial charge in [0, 0.05) is 12.1 Å². The molecule has 84 valence electrons. The SMILES string of the molecule is CCC(C)(C)CN1CCC(C)(N)CC1. The van der Waals surface area contributed by atoms with E-state index in [0.29, 0.717) is 5.41 Å². The molecule has 0 aromatic carbocycles. The second-order valence-corrected chi connectivity index (χ2v) is 5.95. The first-order valence-corrected chi connectivity index (χ1v) is 5.86. The molecule has 0 unspecified atom stereocenters. The molecule has 1 aliphatic heterocycles. The van der Waals surface area contributed by atoms with Crippen molar-refractivity contribution in [2.75, 3.05) is 19.6 Å². The lowest BCUT2D eigenvalue weighted by molar-refractivity contribution is 0.119. The summed E-state index contributed by atoms with van der Waals surface area (Å²) in [7, 11) is 0. The van der Waals surface area contributed by atoms with Crippen molar-refractivity contribution in [1.29, 1.82) is 0 Å². The first-order chi connectivity index (χ1) is 6.35. The molecule has 2 heteroatoms. The summed E-state index contributed by atoms with van der Waals surface area (Å²) in [4.78, 5) is 2.57. The van der Waals surface area contributed by atoms with Crippen LogP contribution in [-0.4, -0.2) is 30.1 Å². The van der Waals surface area contributed by atoms with Crippen LogP contribution in [0.4, 0.5) is 0 Å². The number of nitrogens with two attached hydrogens (primary N) is 1. The summed E-state index contributed by atoms with van der Waals surface area (Å²) in [6.07, 6.45) is 3.54. The zero-order valence-electron chi connectivity index (χ0n) is 10.3. The van der Waals surface area contributed by atoms with Crippen LogP contribution in [0.5, 0.6) is 0 Å². The quantitative estimate of drug-likeness (QED) is 0.753. The van der Waals surface area contributed by atoms with Gasteiger partial charge in [0.2, 0.25) is 0 Å². The zero-order chi connectivity index (χ0) is 10.8. The highest BCUT2D eigenvalue weighted by molar-refractivity contribution is 4.87. The molecule has 1 aliphatic rings. The molecule has 0 aliphatic carbocycles. The average molecular weight is 198 g/mol. The Labute approximate surface area is 88.8 Å². The van der Waals surface area contributed by atoms with Gasteiger partial charge < -0.3 is 10.6 Å². The summed E-state index contributed by atoms with van der Waals surface area (Å²) < 4.78 is 0. The number of likely N-dealkylation sites (tertiary alicyclic amines) is 1. The maximum atomic E-state index is 6.11. The molecule has 0 aromatic heterocycles. The molecule has 1 rings (SSSR count). The van der Waals surface area contributed by atoms with E-state index < -0.39 is 0 Å². The summed E-state index contributed by atoms with van der Waals surface area (Å²) in [6.45, 7) is 12.7. The first-order valence-electron chi connectivity index (χ1n) is 5.86. The third kappa shape index (κ3) is 3.58. The van der Waals surface area contributed by atoms with Crippen LogP contribution in [0.2, 0.25) is 0 Å². The minimum atomic E-state index is 0.0901. The van der Waals surface area contributed by atoms with E-state index in [1.807, 2.05) is 0 Å². The second kappa shape index (κ2) is 4.19.